The van der Waals surface area contributed by atoms with Crippen LogP contribution < -0.4 is 4.90 Å². The lowest BCUT2D eigenvalue weighted by Gasteiger charge is -2.33. The second-order valence-corrected chi connectivity index (χ2v) is 17.9. The summed E-state index contributed by atoms with van der Waals surface area (Å²) in [6.07, 6.45) is 2.97. The van der Waals surface area contributed by atoms with E-state index in [0.717, 1.165) is 47.5 Å². The standard InChI is InChI=1S/C58H47N/c1-36-20-28-47-48-29-21-37(2)33-55(48)58(54(47)32-36)53-19-10-8-16-45(53)49-30-26-42(35-56(49)58)59(41-27-31-52-50(34-41)46-17-7-9-18-51(46)57(52,3)4)40-24-22-39(23-25-40)44-15-6-5-14-43(44)38-12-11-13-38/h5-10,14-35,38H,11-13H2,1-4H3/i38D. The highest BCUT2D eigenvalue weighted by molar-refractivity contribution is 5.97. The Hall–Kier alpha value is -6.44. The summed E-state index contributed by atoms with van der Waals surface area (Å²) in [7, 11) is 0. The molecule has 1 fully saturated rings. The van der Waals surface area contributed by atoms with E-state index < -0.39 is 11.3 Å². The Bertz CT molecular complexity index is 3040. The molecule has 59 heavy (non-hydrogen) atoms. The van der Waals surface area contributed by atoms with Crippen molar-refractivity contribution < 1.29 is 1.37 Å². The van der Waals surface area contributed by atoms with Crippen LogP contribution in [0.3, 0.4) is 0 Å². The molecule has 4 aliphatic rings. The Morgan fingerprint density at radius 2 is 0.932 bits per heavy atom. The second kappa shape index (κ2) is 12.5. The zero-order valence-corrected chi connectivity index (χ0v) is 34.2. The third-order valence-electron chi connectivity index (χ3n) is 14.3. The molecule has 0 heterocycles. The third kappa shape index (κ3) is 4.79. The lowest BCUT2D eigenvalue weighted by atomic mass is 9.70. The first-order valence-electron chi connectivity index (χ1n) is 21.9. The van der Waals surface area contributed by atoms with Crippen molar-refractivity contribution in [3.63, 3.8) is 0 Å². The van der Waals surface area contributed by atoms with Gasteiger partial charge in [0.2, 0.25) is 0 Å². The van der Waals surface area contributed by atoms with Crippen LogP contribution in [0.4, 0.5) is 17.1 Å². The zero-order valence-electron chi connectivity index (χ0n) is 35.2. The first kappa shape index (κ1) is 33.5. The summed E-state index contributed by atoms with van der Waals surface area (Å²) >= 11 is 0. The highest BCUT2D eigenvalue weighted by atomic mass is 15.1. The van der Waals surface area contributed by atoms with Crippen LogP contribution in [0.1, 0.15) is 90.4 Å². The molecule has 0 radical (unpaired) electrons. The van der Waals surface area contributed by atoms with Crippen LogP contribution in [-0.2, 0) is 10.8 Å². The SMILES string of the molecule is [2H]C1(c2ccccc2-c2ccc(N(c3ccc4c(c3)-c3ccccc3C4(C)C)c3ccc4c(c3)C3(c5ccccc5-4)c4cc(C)ccc4-c4ccc(C)cc43)cc2)CCC1. The molecule has 8 aromatic carbocycles. The molecule has 1 spiro atoms. The number of nitrogens with zero attached hydrogens (tertiary/aromatic N) is 1. The van der Waals surface area contributed by atoms with Gasteiger partial charge >= 0.3 is 0 Å². The average molecular weight is 759 g/mol. The van der Waals surface area contributed by atoms with Crippen LogP contribution in [0.2, 0.25) is 0 Å². The maximum absolute atomic E-state index is 9.25. The maximum atomic E-state index is 9.25. The van der Waals surface area contributed by atoms with Crippen LogP contribution in [0.15, 0.2) is 170 Å². The fourth-order valence-electron chi connectivity index (χ4n) is 11.3. The van der Waals surface area contributed by atoms with E-state index in [-0.39, 0.29) is 5.41 Å². The Balaban J connectivity index is 1.09. The Morgan fingerprint density at radius 3 is 1.59 bits per heavy atom. The van der Waals surface area contributed by atoms with E-state index in [0.29, 0.717) is 0 Å². The molecular formula is C58H47N. The first-order valence-corrected chi connectivity index (χ1v) is 21.4. The molecule has 8 aromatic rings. The molecule has 0 N–H and O–H groups in total. The van der Waals surface area contributed by atoms with Gasteiger partial charge in [0.1, 0.15) is 0 Å². The van der Waals surface area contributed by atoms with Crippen LogP contribution in [0.5, 0.6) is 0 Å². The summed E-state index contributed by atoms with van der Waals surface area (Å²) in [5.74, 6) is -0.498. The lowest BCUT2D eigenvalue weighted by Crippen LogP contribution is -2.26. The highest BCUT2D eigenvalue weighted by Crippen LogP contribution is 2.64. The van der Waals surface area contributed by atoms with Gasteiger partial charge < -0.3 is 4.90 Å². The van der Waals surface area contributed by atoms with E-state index in [1.807, 2.05) is 0 Å². The molecule has 0 aromatic heterocycles. The quantitative estimate of drug-likeness (QED) is 0.169. The van der Waals surface area contributed by atoms with Gasteiger partial charge in [0, 0.05) is 23.8 Å². The van der Waals surface area contributed by atoms with Crippen molar-refractivity contribution >= 4 is 17.1 Å². The molecule has 1 heteroatoms. The average Bonchev–Trinajstić information content (AvgIpc) is 3.80. The van der Waals surface area contributed by atoms with Gasteiger partial charge in [-0.1, -0.05) is 165 Å². The molecule has 0 bridgehead atoms. The van der Waals surface area contributed by atoms with Crippen LogP contribution in [-0.4, -0.2) is 0 Å². The van der Waals surface area contributed by atoms with Gasteiger partial charge in [0.25, 0.3) is 0 Å². The van der Waals surface area contributed by atoms with Crippen LogP contribution in [0.25, 0.3) is 44.5 Å². The highest BCUT2D eigenvalue weighted by Gasteiger charge is 2.52. The molecule has 0 amide bonds. The van der Waals surface area contributed by atoms with Gasteiger partial charge in [0.15, 0.2) is 0 Å². The summed E-state index contributed by atoms with van der Waals surface area (Å²) in [6, 6.07) is 64.3. The van der Waals surface area contributed by atoms with Crippen molar-refractivity contribution in [1.29, 1.82) is 0 Å². The molecule has 0 atom stereocenters. The number of hydrogen-bond donors (Lipinski definition) is 0. The molecule has 12 rings (SSSR count). The minimum absolute atomic E-state index is 0.0782. The number of aryl methyl sites for hydroxylation is 2. The summed E-state index contributed by atoms with van der Waals surface area (Å²) in [6.45, 7) is 9.17. The summed E-state index contributed by atoms with van der Waals surface area (Å²) < 4.78 is 9.25. The number of hydrogen-bond acceptors (Lipinski definition) is 1. The van der Waals surface area contributed by atoms with Crippen molar-refractivity contribution in [2.45, 2.75) is 63.7 Å². The molecule has 284 valence electrons. The van der Waals surface area contributed by atoms with Gasteiger partial charge in [-0.2, -0.15) is 0 Å². The van der Waals surface area contributed by atoms with Crippen LogP contribution >= 0.6 is 0 Å². The summed E-state index contributed by atoms with van der Waals surface area (Å²) in [4.78, 5) is 2.47. The normalized spacial score (nSPS) is 16.6. The number of anilines is 3. The Morgan fingerprint density at radius 1 is 0.441 bits per heavy atom. The van der Waals surface area contributed by atoms with E-state index in [9.17, 15) is 1.37 Å². The Labute approximate surface area is 350 Å². The lowest BCUT2D eigenvalue weighted by molar-refractivity contribution is 0.420. The van der Waals surface area contributed by atoms with E-state index in [2.05, 4.69) is 202 Å². The van der Waals surface area contributed by atoms with Gasteiger partial charge in [-0.15, -0.1) is 0 Å². The second-order valence-electron chi connectivity index (χ2n) is 17.9. The summed E-state index contributed by atoms with van der Waals surface area (Å²) in [5.41, 5.74) is 25.0. The molecule has 0 saturated heterocycles. The molecule has 1 saturated carbocycles. The predicted molar refractivity (Wildman–Crippen MR) is 246 cm³/mol. The monoisotopic (exact) mass is 758 g/mol. The van der Waals surface area contributed by atoms with Crippen LogP contribution in [0, 0.1) is 13.8 Å². The van der Waals surface area contributed by atoms with E-state index in [1.165, 1.54) is 83.5 Å². The molecule has 4 aliphatic carbocycles. The fourth-order valence-corrected chi connectivity index (χ4v) is 11.3. The van der Waals surface area contributed by atoms with E-state index in [1.54, 1.807) is 0 Å². The zero-order chi connectivity index (χ0) is 40.5. The topological polar surface area (TPSA) is 3.24 Å². The van der Waals surface area contributed by atoms with Gasteiger partial charge in [-0.3, -0.25) is 0 Å². The number of fused-ring (bicyclic) bond motifs is 13. The van der Waals surface area contributed by atoms with Crippen molar-refractivity contribution in [3.8, 4) is 44.5 Å². The predicted octanol–water partition coefficient (Wildman–Crippen LogP) is 15.4. The maximum Gasteiger partial charge on any atom is 0.0726 e. The van der Waals surface area contributed by atoms with E-state index in [4.69, 9.17) is 0 Å². The molecular weight excluding hydrogens is 711 g/mol. The number of rotatable bonds is 5. The Kier molecular flexibility index (Phi) is 7.12. The first-order chi connectivity index (χ1) is 29.2. The van der Waals surface area contributed by atoms with Gasteiger partial charge in [-0.05, 0) is 152 Å². The fraction of sp³-hybridized carbons (Fsp3) is 0.172. The molecule has 0 unspecified atom stereocenters. The minimum Gasteiger partial charge on any atom is -0.310 e. The largest absolute Gasteiger partial charge is 0.310 e. The summed E-state index contributed by atoms with van der Waals surface area (Å²) in [5, 5.41) is 0. The minimum atomic E-state index is -0.498. The van der Waals surface area contributed by atoms with Crippen molar-refractivity contribution in [2.24, 2.45) is 0 Å². The number of benzene rings is 8. The van der Waals surface area contributed by atoms with Gasteiger partial charge in [0.05, 0.1) is 5.41 Å². The van der Waals surface area contributed by atoms with Crippen molar-refractivity contribution in [1.82, 2.24) is 0 Å². The van der Waals surface area contributed by atoms with E-state index >= 15 is 0 Å². The molecule has 1 nitrogen and oxygen atoms in total. The molecule has 0 aliphatic heterocycles. The van der Waals surface area contributed by atoms with Crippen molar-refractivity contribution in [2.75, 3.05) is 4.90 Å². The smallest absolute Gasteiger partial charge is 0.0726 e. The van der Waals surface area contributed by atoms with Crippen molar-refractivity contribution in [3.05, 3.63) is 220 Å². The van der Waals surface area contributed by atoms with Gasteiger partial charge in [-0.25, -0.2) is 0 Å². The third-order valence-corrected chi connectivity index (χ3v) is 14.3.